The van der Waals surface area contributed by atoms with Crippen LogP contribution in [0.1, 0.15) is 8.22 Å². The van der Waals surface area contributed by atoms with Crippen molar-refractivity contribution in [3.05, 3.63) is 139 Å². The Morgan fingerprint density at radius 1 is 0.455 bits per heavy atom. The third-order valence-corrected chi connectivity index (χ3v) is 9.91. The van der Waals surface area contributed by atoms with Crippen molar-refractivity contribution in [1.82, 2.24) is 15.0 Å². The molecule has 3 heterocycles. The molecule has 0 aliphatic rings. The summed E-state index contributed by atoms with van der Waals surface area (Å²) in [7, 11) is 0. The quantitative estimate of drug-likeness (QED) is 0.201. The van der Waals surface area contributed by atoms with Gasteiger partial charge in [-0.2, -0.15) is 0 Å². The van der Waals surface area contributed by atoms with Gasteiger partial charge in [0.15, 0.2) is 17.5 Å². The minimum atomic E-state index is -0.261. The fraction of sp³-hybridized carbons (Fsp3) is 0. The number of hydrogen-bond acceptors (Lipinski definition) is 5. The maximum Gasteiger partial charge on any atom is 0.164 e. The van der Waals surface area contributed by atoms with E-state index in [1.165, 1.54) is 11.3 Å². The summed E-state index contributed by atoms with van der Waals surface area (Å²) in [5.74, 6) is 0.852. The van der Waals surface area contributed by atoms with Crippen LogP contribution in [0.3, 0.4) is 0 Å². The Labute approximate surface area is 270 Å². The van der Waals surface area contributed by atoms with Gasteiger partial charge in [-0.25, -0.2) is 15.0 Å². The molecule has 0 saturated heterocycles. The molecule has 0 bridgehead atoms. The van der Waals surface area contributed by atoms with Crippen LogP contribution >= 0.6 is 22.7 Å². The van der Waals surface area contributed by atoms with E-state index in [2.05, 4.69) is 12.1 Å². The van der Waals surface area contributed by atoms with Crippen LogP contribution in [0, 0.1) is 0 Å². The van der Waals surface area contributed by atoms with Crippen LogP contribution in [0.5, 0.6) is 0 Å². The van der Waals surface area contributed by atoms with Crippen molar-refractivity contribution in [2.45, 2.75) is 0 Å². The Balaban J connectivity index is 1.37. The van der Waals surface area contributed by atoms with E-state index >= 15 is 0 Å². The zero-order valence-electron chi connectivity index (χ0n) is 29.0. The minimum Gasteiger partial charge on any atom is -0.208 e. The Kier molecular flexibility index (Phi) is 4.60. The van der Waals surface area contributed by atoms with Gasteiger partial charge in [0.25, 0.3) is 0 Å². The molecule has 0 unspecified atom stereocenters. The normalized spacial score (nSPS) is 13.5. The van der Waals surface area contributed by atoms with E-state index in [1.807, 2.05) is 91.0 Å². The first kappa shape index (κ1) is 19.9. The molecule has 0 saturated carbocycles. The first-order valence-corrected chi connectivity index (χ1v) is 15.7. The summed E-state index contributed by atoms with van der Waals surface area (Å²) in [4.78, 5) is 14.3. The Morgan fingerprint density at radius 3 is 1.86 bits per heavy atom. The fourth-order valence-electron chi connectivity index (χ4n) is 5.62. The lowest BCUT2D eigenvalue weighted by Crippen LogP contribution is -1.99. The highest BCUT2D eigenvalue weighted by molar-refractivity contribution is 7.26. The Morgan fingerprint density at radius 2 is 1.11 bits per heavy atom. The Hall–Kier alpha value is -5.23. The van der Waals surface area contributed by atoms with Crippen LogP contribution in [0.25, 0.3) is 85.6 Å². The number of hydrogen-bond donors (Lipinski definition) is 0. The van der Waals surface area contributed by atoms with Gasteiger partial charge in [-0.3, -0.25) is 0 Å². The van der Waals surface area contributed by atoms with Crippen LogP contribution in [0.2, 0.25) is 0 Å². The maximum absolute atomic E-state index is 9.52. The average molecular weight is 604 g/mol. The highest BCUT2D eigenvalue weighted by Gasteiger charge is 2.17. The molecule has 44 heavy (non-hydrogen) atoms. The lowest BCUT2D eigenvalue weighted by atomic mass is 9.98. The number of thiophene rings is 2. The van der Waals surface area contributed by atoms with Gasteiger partial charge in [0, 0.05) is 62.6 Å². The summed E-state index contributed by atoms with van der Waals surface area (Å²) >= 11 is 2.87. The van der Waals surface area contributed by atoms with Gasteiger partial charge >= 0.3 is 0 Å². The van der Waals surface area contributed by atoms with Crippen molar-refractivity contribution in [3.8, 4) is 45.3 Å². The van der Waals surface area contributed by atoms with Gasteiger partial charge in [0.05, 0.1) is 8.22 Å². The van der Waals surface area contributed by atoms with E-state index in [1.54, 1.807) is 11.3 Å². The molecule has 9 rings (SSSR count). The van der Waals surface area contributed by atoms with Crippen LogP contribution in [0.15, 0.2) is 139 Å². The standard InChI is InChI=1S/C39H23N3S2/c1-3-11-24(12-4-1)37-40-38(25-13-5-2-6-14-25)42-39(41-37)26-21-22-27-29-17-9-18-30(36(29)44-34(27)23-26)28-16-10-20-33-35(28)31-15-7-8-19-32(31)43-33/h1-23H/i9D,17D,18D,21D,22D,23D. The first-order chi connectivity index (χ1) is 24.3. The number of nitrogens with zero attached hydrogens (tertiary/aromatic N) is 3. The van der Waals surface area contributed by atoms with Crippen molar-refractivity contribution < 1.29 is 8.22 Å². The predicted octanol–water partition coefficient (Wildman–Crippen LogP) is 11.3. The second kappa shape index (κ2) is 10.2. The van der Waals surface area contributed by atoms with Gasteiger partial charge in [0.1, 0.15) is 0 Å². The molecule has 0 N–H and O–H groups in total. The second-order valence-corrected chi connectivity index (χ2v) is 12.4. The lowest BCUT2D eigenvalue weighted by Gasteiger charge is -2.08. The topological polar surface area (TPSA) is 38.7 Å². The SMILES string of the molecule is [2H]c1c([2H])c([2H])c2c(sc3c([2H])c(-c4nc(-c5ccccc5)nc(-c5ccccc5)n4)c([2H])c([2H])c32)c1-c1cccc2sc3ccccc3c12. The van der Waals surface area contributed by atoms with Crippen molar-refractivity contribution in [2.75, 3.05) is 0 Å². The number of rotatable bonds is 4. The molecule has 6 aromatic carbocycles. The summed E-state index contributed by atoms with van der Waals surface area (Å²) in [6.07, 6.45) is 0. The lowest BCUT2D eigenvalue weighted by molar-refractivity contribution is 1.07. The summed E-state index contributed by atoms with van der Waals surface area (Å²) in [6.45, 7) is 0. The molecule has 206 valence electrons. The van der Waals surface area contributed by atoms with Gasteiger partial charge < -0.3 is 0 Å². The molecular weight excluding hydrogens is 575 g/mol. The van der Waals surface area contributed by atoms with Crippen LogP contribution in [0.4, 0.5) is 0 Å². The molecule has 0 atom stereocenters. The molecule has 0 fully saturated rings. The largest absolute Gasteiger partial charge is 0.208 e. The summed E-state index contributed by atoms with van der Waals surface area (Å²) in [5.41, 5.74) is 2.81. The van der Waals surface area contributed by atoms with E-state index in [-0.39, 0.29) is 53.0 Å². The van der Waals surface area contributed by atoms with Crippen LogP contribution < -0.4 is 0 Å². The molecule has 9 aromatic rings. The van der Waals surface area contributed by atoms with Crippen LogP contribution in [-0.2, 0) is 0 Å². The zero-order valence-corrected chi connectivity index (χ0v) is 24.6. The molecule has 5 heteroatoms. The zero-order chi connectivity index (χ0) is 34.3. The highest BCUT2D eigenvalue weighted by atomic mass is 32.1. The van der Waals surface area contributed by atoms with E-state index in [9.17, 15) is 4.11 Å². The van der Waals surface area contributed by atoms with Crippen molar-refractivity contribution in [2.24, 2.45) is 0 Å². The van der Waals surface area contributed by atoms with E-state index < -0.39 is 0 Å². The van der Waals surface area contributed by atoms with E-state index in [4.69, 9.17) is 19.1 Å². The van der Waals surface area contributed by atoms with E-state index in [0.29, 0.717) is 32.0 Å². The number of fused-ring (bicyclic) bond motifs is 6. The van der Waals surface area contributed by atoms with Gasteiger partial charge in [0.2, 0.25) is 0 Å². The fourth-order valence-corrected chi connectivity index (χ4v) is 7.88. The molecule has 0 spiro atoms. The van der Waals surface area contributed by atoms with Crippen molar-refractivity contribution >= 4 is 63.0 Å². The third kappa shape index (κ3) is 4.13. The molecule has 3 aromatic heterocycles. The third-order valence-electron chi connectivity index (χ3n) is 7.66. The maximum atomic E-state index is 9.52. The average Bonchev–Trinajstić information content (AvgIpc) is 3.74. The van der Waals surface area contributed by atoms with E-state index in [0.717, 1.165) is 36.9 Å². The Bertz CT molecular complexity index is 2780. The van der Waals surface area contributed by atoms with Crippen molar-refractivity contribution in [1.29, 1.82) is 0 Å². The molecule has 0 aliphatic heterocycles. The van der Waals surface area contributed by atoms with Crippen LogP contribution in [-0.4, -0.2) is 15.0 Å². The molecule has 0 amide bonds. The molecule has 3 nitrogen and oxygen atoms in total. The van der Waals surface area contributed by atoms with Gasteiger partial charge in [-0.05, 0) is 23.7 Å². The predicted molar refractivity (Wildman–Crippen MR) is 187 cm³/mol. The molecular formula is C39H23N3S2. The molecule has 0 radical (unpaired) electrons. The van der Waals surface area contributed by atoms with Gasteiger partial charge in [-0.1, -0.05) is 121 Å². The summed E-state index contributed by atoms with van der Waals surface area (Å²) in [5, 5.41) is 2.56. The highest BCUT2D eigenvalue weighted by Crippen LogP contribution is 2.45. The second-order valence-electron chi connectivity index (χ2n) is 10.3. The summed E-state index contributed by atoms with van der Waals surface area (Å²) in [6, 6.07) is 31.8. The number of benzene rings is 6. The minimum absolute atomic E-state index is 0.0472. The van der Waals surface area contributed by atoms with Crippen molar-refractivity contribution in [3.63, 3.8) is 0 Å². The van der Waals surface area contributed by atoms with Gasteiger partial charge in [-0.15, -0.1) is 22.7 Å². The number of aromatic nitrogens is 3. The smallest absolute Gasteiger partial charge is 0.164 e. The summed E-state index contributed by atoms with van der Waals surface area (Å²) < 4.78 is 58.1. The monoisotopic (exact) mass is 603 g/mol. The molecule has 0 aliphatic carbocycles. The first-order valence-electron chi connectivity index (χ1n) is 17.1.